The summed E-state index contributed by atoms with van der Waals surface area (Å²) in [7, 11) is 0. The largest absolute Gasteiger partial charge is 0.488 e. The molecule has 3 heterocycles. The lowest BCUT2D eigenvalue weighted by Crippen LogP contribution is -2.43. The standard InChI is InChI=1S/C26H31N5O2/c1-17(20-14-25(32)28-15-20)33-24-13-19(12-23-26(24)31(16-29-23)22-6-7-22)18-2-4-21(5-3-18)30-10-8-27-9-11-30/h2-5,12-13,16-17,20,22,27H,6-11,14-15H2,1H3,(H,28,32)/t17-,20-/m1/s1. The Hall–Kier alpha value is -3.06. The Kier molecular flexibility index (Phi) is 5.21. The van der Waals surface area contributed by atoms with Crippen LogP contribution >= 0.6 is 0 Å². The zero-order valence-corrected chi connectivity index (χ0v) is 19.1. The fraction of sp³-hybridized carbons (Fsp3) is 0.462. The van der Waals surface area contributed by atoms with E-state index in [1.807, 2.05) is 6.33 Å². The second-order valence-electron chi connectivity index (χ2n) is 9.60. The SMILES string of the molecule is C[C@@H](Oc1cc(-c2ccc(N3CCNCC3)cc2)cc2ncn(C3CC3)c12)[C@H]1CNC(=O)C1. The Morgan fingerprint density at radius 3 is 2.58 bits per heavy atom. The first-order valence-electron chi connectivity index (χ1n) is 12.2. The molecule has 3 fully saturated rings. The molecule has 7 nitrogen and oxygen atoms in total. The summed E-state index contributed by atoms with van der Waals surface area (Å²) in [4.78, 5) is 18.9. The lowest BCUT2D eigenvalue weighted by atomic mass is 10.0. The highest BCUT2D eigenvalue weighted by atomic mass is 16.5. The Bertz CT molecular complexity index is 1160. The molecule has 0 bridgehead atoms. The van der Waals surface area contributed by atoms with E-state index in [1.54, 1.807) is 0 Å². The highest BCUT2D eigenvalue weighted by molar-refractivity contribution is 5.88. The first kappa shape index (κ1) is 20.5. The van der Waals surface area contributed by atoms with Gasteiger partial charge in [-0.25, -0.2) is 4.98 Å². The van der Waals surface area contributed by atoms with Crippen LogP contribution in [0.3, 0.4) is 0 Å². The molecule has 2 N–H and O–H groups in total. The zero-order chi connectivity index (χ0) is 22.4. The number of nitrogens with zero attached hydrogens (tertiary/aromatic N) is 3. The third kappa shape index (κ3) is 4.06. The molecule has 1 amide bonds. The summed E-state index contributed by atoms with van der Waals surface area (Å²) in [6, 6.07) is 13.7. The number of hydrogen-bond acceptors (Lipinski definition) is 5. The van der Waals surface area contributed by atoms with Crippen LogP contribution in [0.25, 0.3) is 22.2 Å². The molecule has 172 valence electrons. The molecule has 3 aliphatic rings. The molecule has 6 rings (SSSR count). The molecule has 1 aliphatic carbocycles. The smallest absolute Gasteiger partial charge is 0.220 e. The average Bonchev–Trinajstić information content (AvgIpc) is 3.45. The summed E-state index contributed by atoms with van der Waals surface area (Å²) in [6.07, 6.45) is 4.81. The van der Waals surface area contributed by atoms with Gasteiger partial charge in [-0.1, -0.05) is 12.1 Å². The van der Waals surface area contributed by atoms with Gasteiger partial charge in [0, 0.05) is 56.8 Å². The first-order chi connectivity index (χ1) is 16.2. The van der Waals surface area contributed by atoms with E-state index in [4.69, 9.17) is 9.72 Å². The number of rotatable bonds is 6. The van der Waals surface area contributed by atoms with Crippen molar-refractivity contribution in [2.24, 2.45) is 5.92 Å². The van der Waals surface area contributed by atoms with Crippen molar-refractivity contribution in [2.45, 2.75) is 38.3 Å². The summed E-state index contributed by atoms with van der Waals surface area (Å²) in [5, 5.41) is 6.34. The predicted octanol–water partition coefficient (Wildman–Crippen LogP) is 3.35. The number of aromatic nitrogens is 2. The highest BCUT2D eigenvalue weighted by Gasteiger charge is 2.30. The minimum Gasteiger partial charge on any atom is -0.488 e. The van der Waals surface area contributed by atoms with Gasteiger partial charge in [0.05, 0.1) is 11.8 Å². The van der Waals surface area contributed by atoms with Crippen molar-refractivity contribution in [1.29, 1.82) is 0 Å². The minimum absolute atomic E-state index is 0.0555. The van der Waals surface area contributed by atoms with Gasteiger partial charge in [-0.05, 0) is 55.2 Å². The number of nitrogens with one attached hydrogen (secondary N) is 2. The predicted molar refractivity (Wildman–Crippen MR) is 130 cm³/mol. The van der Waals surface area contributed by atoms with Crippen molar-refractivity contribution in [3.63, 3.8) is 0 Å². The number of imidazole rings is 1. The number of amides is 1. The van der Waals surface area contributed by atoms with Gasteiger partial charge in [-0.2, -0.15) is 0 Å². The van der Waals surface area contributed by atoms with Gasteiger partial charge in [0.15, 0.2) is 0 Å². The number of ether oxygens (including phenoxy) is 1. The lowest BCUT2D eigenvalue weighted by Gasteiger charge is -2.29. The van der Waals surface area contributed by atoms with Crippen LogP contribution in [0.4, 0.5) is 5.69 Å². The van der Waals surface area contributed by atoms with Crippen molar-refractivity contribution in [1.82, 2.24) is 20.2 Å². The quantitative estimate of drug-likeness (QED) is 0.609. The van der Waals surface area contributed by atoms with Crippen molar-refractivity contribution in [3.05, 3.63) is 42.7 Å². The lowest BCUT2D eigenvalue weighted by molar-refractivity contribution is -0.119. The number of anilines is 1. The van der Waals surface area contributed by atoms with Gasteiger partial charge in [-0.3, -0.25) is 4.79 Å². The van der Waals surface area contributed by atoms with E-state index >= 15 is 0 Å². The Morgan fingerprint density at radius 2 is 1.88 bits per heavy atom. The molecule has 0 spiro atoms. The second-order valence-corrected chi connectivity index (χ2v) is 9.60. The number of carbonyl (C=O) groups excluding carboxylic acids is 1. The molecule has 0 radical (unpaired) electrons. The maximum Gasteiger partial charge on any atom is 0.220 e. The van der Waals surface area contributed by atoms with E-state index in [2.05, 4.69) is 63.4 Å². The second kappa shape index (κ2) is 8.37. The van der Waals surface area contributed by atoms with Gasteiger partial charge >= 0.3 is 0 Å². The topological polar surface area (TPSA) is 71.4 Å². The molecule has 0 unspecified atom stereocenters. The molecule has 33 heavy (non-hydrogen) atoms. The monoisotopic (exact) mass is 445 g/mol. The van der Waals surface area contributed by atoms with Crippen LogP contribution in [0.1, 0.15) is 32.2 Å². The summed E-state index contributed by atoms with van der Waals surface area (Å²) >= 11 is 0. The number of piperazine rings is 1. The fourth-order valence-electron chi connectivity index (χ4n) is 5.06. The molecule has 2 saturated heterocycles. The number of hydrogen-bond donors (Lipinski definition) is 2. The van der Waals surface area contributed by atoms with Crippen molar-refractivity contribution < 1.29 is 9.53 Å². The van der Waals surface area contributed by atoms with Crippen LogP contribution in [0.15, 0.2) is 42.7 Å². The highest BCUT2D eigenvalue weighted by Crippen LogP contribution is 2.41. The van der Waals surface area contributed by atoms with E-state index in [1.165, 1.54) is 18.5 Å². The van der Waals surface area contributed by atoms with Crippen LogP contribution < -0.4 is 20.3 Å². The third-order valence-electron chi connectivity index (χ3n) is 7.24. The third-order valence-corrected chi connectivity index (χ3v) is 7.24. The first-order valence-corrected chi connectivity index (χ1v) is 12.2. The van der Waals surface area contributed by atoms with Crippen LogP contribution in [0.2, 0.25) is 0 Å². The van der Waals surface area contributed by atoms with Gasteiger partial charge in [0.2, 0.25) is 5.91 Å². The van der Waals surface area contributed by atoms with Crippen LogP contribution in [0, 0.1) is 5.92 Å². The number of fused-ring (bicyclic) bond motifs is 1. The molecule has 3 aromatic rings. The Labute approximate surface area is 194 Å². The van der Waals surface area contributed by atoms with Crippen molar-refractivity contribution in [2.75, 3.05) is 37.6 Å². The molecule has 7 heteroatoms. The summed E-state index contributed by atoms with van der Waals surface area (Å²) in [5.41, 5.74) is 5.57. The van der Waals surface area contributed by atoms with Crippen LogP contribution in [-0.4, -0.2) is 54.3 Å². The Balaban J connectivity index is 1.33. The molecule has 2 aromatic carbocycles. The van der Waals surface area contributed by atoms with Gasteiger partial charge in [-0.15, -0.1) is 0 Å². The molecular weight excluding hydrogens is 414 g/mol. The summed E-state index contributed by atoms with van der Waals surface area (Å²) in [6.45, 7) is 6.89. The zero-order valence-electron chi connectivity index (χ0n) is 19.1. The fourth-order valence-corrected chi connectivity index (χ4v) is 5.06. The van der Waals surface area contributed by atoms with E-state index in [0.717, 1.165) is 54.1 Å². The van der Waals surface area contributed by atoms with Gasteiger partial charge in [0.25, 0.3) is 0 Å². The Morgan fingerprint density at radius 1 is 1.09 bits per heavy atom. The maximum atomic E-state index is 11.7. The molecular formula is C26H31N5O2. The van der Waals surface area contributed by atoms with E-state index < -0.39 is 0 Å². The maximum absolute atomic E-state index is 11.7. The van der Waals surface area contributed by atoms with Crippen LogP contribution in [-0.2, 0) is 4.79 Å². The molecule has 2 aliphatic heterocycles. The van der Waals surface area contributed by atoms with E-state index in [9.17, 15) is 4.79 Å². The number of carbonyl (C=O) groups is 1. The van der Waals surface area contributed by atoms with E-state index in [-0.39, 0.29) is 17.9 Å². The normalized spacial score (nSPS) is 21.9. The van der Waals surface area contributed by atoms with Gasteiger partial charge < -0.3 is 24.8 Å². The van der Waals surface area contributed by atoms with Crippen molar-refractivity contribution in [3.8, 4) is 16.9 Å². The van der Waals surface area contributed by atoms with Gasteiger partial charge in [0.1, 0.15) is 17.4 Å². The minimum atomic E-state index is -0.0555. The molecule has 2 atom stereocenters. The van der Waals surface area contributed by atoms with Crippen molar-refractivity contribution >= 4 is 22.6 Å². The average molecular weight is 446 g/mol. The summed E-state index contributed by atoms with van der Waals surface area (Å²) < 4.78 is 8.82. The van der Waals surface area contributed by atoms with E-state index in [0.29, 0.717) is 19.0 Å². The molecule has 1 saturated carbocycles. The summed E-state index contributed by atoms with van der Waals surface area (Å²) in [5.74, 6) is 1.17. The molecule has 1 aromatic heterocycles. The number of benzene rings is 2. The van der Waals surface area contributed by atoms with Crippen LogP contribution in [0.5, 0.6) is 5.75 Å².